The fourth-order valence-corrected chi connectivity index (χ4v) is 3.88. The van der Waals surface area contributed by atoms with Crippen molar-refractivity contribution >= 4 is 34.7 Å². The van der Waals surface area contributed by atoms with Gasteiger partial charge >= 0.3 is 0 Å². The van der Waals surface area contributed by atoms with E-state index >= 15 is 0 Å². The highest BCUT2D eigenvalue weighted by molar-refractivity contribution is 8.00. The molecule has 0 aliphatic carbocycles. The van der Waals surface area contributed by atoms with Crippen molar-refractivity contribution in [3.63, 3.8) is 0 Å². The standard InChI is InChI=1S/C10H14ClNS2/c1-7-4-8(6-14-7)12-5-10-9(11)2-3-13-10/h2-3,7-8,12H,4-6H2,1H3. The first-order chi connectivity index (χ1) is 6.75. The topological polar surface area (TPSA) is 12.0 Å². The summed E-state index contributed by atoms with van der Waals surface area (Å²) in [5, 5.41) is 7.32. The maximum atomic E-state index is 6.02. The monoisotopic (exact) mass is 247 g/mol. The first kappa shape index (κ1) is 10.8. The molecule has 2 heterocycles. The van der Waals surface area contributed by atoms with E-state index < -0.39 is 0 Å². The molecule has 1 aliphatic rings. The second-order valence-electron chi connectivity index (χ2n) is 3.65. The Morgan fingerprint density at radius 1 is 1.64 bits per heavy atom. The minimum absolute atomic E-state index is 0.674. The summed E-state index contributed by atoms with van der Waals surface area (Å²) in [5.41, 5.74) is 0. The molecule has 1 fully saturated rings. The summed E-state index contributed by atoms with van der Waals surface area (Å²) in [6.07, 6.45) is 1.29. The van der Waals surface area contributed by atoms with Crippen LogP contribution in [0.25, 0.3) is 0 Å². The quantitative estimate of drug-likeness (QED) is 0.879. The number of thiophene rings is 1. The van der Waals surface area contributed by atoms with Gasteiger partial charge < -0.3 is 5.32 Å². The first-order valence-electron chi connectivity index (χ1n) is 4.82. The molecule has 2 unspecified atom stereocenters. The van der Waals surface area contributed by atoms with Gasteiger partial charge in [0.25, 0.3) is 0 Å². The van der Waals surface area contributed by atoms with Crippen LogP contribution in [0.1, 0.15) is 18.2 Å². The summed E-state index contributed by atoms with van der Waals surface area (Å²) in [6.45, 7) is 3.22. The van der Waals surface area contributed by atoms with Gasteiger partial charge in [0.2, 0.25) is 0 Å². The Morgan fingerprint density at radius 2 is 2.50 bits per heavy atom. The van der Waals surface area contributed by atoms with Crippen LogP contribution < -0.4 is 5.32 Å². The number of nitrogens with one attached hydrogen (secondary N) is 1. The molecule has 14 heavy (non-hydrogen) atoms. The molecule has 1 saturated heterocycles. The number of rotatable bonds is 3. The van der Waals surface area contributed by atoms with Crippen molar-refractivity contribution in [3.05, 3.63) is 21.3 Å². The Balaban J connectivity index is 1.80. The van der Waals surface area contributed by atoms with E-state index in [0.29, 0.717) is 6.04 Å². The van der Waals surface area contributed by atoms with Crippen LogP contribution >= 0.6 is 34.7 Å². The molecule has 1 aromatic rings. The third-order valence-corrected chi connectivity index (χ3v) is 5.18. The maximum absolute atomic E-state index is 6.02. The molecular weight excluding hydrogens is 234 g/mol. The molecule has 78 valence electrons. The van der Waals surface area contributed by atoms with E-state index in [1.54, 1.807) is 11.3 Å². The Bertz CT molecular complexity index is 300. The van der Waals surface area contributed by atoms with E-state index in [-0.39, 0.29) is 0 Å². The summed E-state index contributed by atoms with van der Waals surface area (Å²) in [6, 6.07) is 2.64. The van der Waals surface area contributed by atoms with Crippen LogP contribution in [0.3, 0.4) is 0 Å². The van der Waals surface area contributed by atoms with Crippen molar-refractivity contribution in [1.82, 2.24) is 5.32 Å². The minimum Gasteiger partial charge on any atom is -0.308 e. The van der Waals surface area contributed by atoms with Crippen LogP contribution in [-0.4, -0.2) is 17.0 Å². The van der Waals surface area contributed by atoms with Crippen LogP contribution in [0.2, 0.25) is 5.02 Å². The van der Waals surface area contributed by atoms with Gasteiger partial charge in [0.1, 0.15) is 0 Å². The highest BCUT2D eigenvalue weighted by Gasteiger charge is 2.21. The van der Waals surface area contributed by atoms with Crippen LogP contribution in [0.15, 0.2) is 11.4 Å². The van der Waals surface area contributed by atoms with Crippen LogP contribution in [0, 0.1) is 0 Å². The second kappa shape index (κ2) is 4.88. The molecule has 0 aromatic carbocycles. The van der Waals surface area contributed by atoms with Crippen molar-refractivity contribution in [3.8, 4) is 0 Å². The molecule has 1 aromatic heterocycles. The zero-order chi connectivity index (χ0) is 9.97. The van der Waals surface area contributed by atoms with Gasteiger partial charge in [-0.25, -0.2) is 0 Å². The van der Waals surface area contributed by atoms with Gasteiger partial charge in [0.05, 0.1) is 5.02 Å². The number of halogens is 1. The van der Waals surface area contributed by atoms with E-state index in [9.17, 15) is 0 Å². The molecular formula is C10H14ClNS2. The van der Waals surface area contributed by atoms with Crippen molar-refractivity contribution in [2.75, 3.05) is 5.75 Å². The molecule has 2 atom stereocenters. The average Bonchev–Trinajstić information content (AvgIpc) is 2.72. The summed E-state index contributed by atoms with van der Waals surface area (Å²) < 4.78 is 0. The molecule has 1 aliphatic heterocycles. The smallest absolute Gasteiger partial charge is 0.0558 e. The fraction of sp³-hybridized carbons (Fsp3) is 0.600. The lowest BCUT2D eigenvalue weighted by Gasteiger charge is -2.10. The van der Waals surface area contributed by atoms with Crippen molar-refractivity contribution in [2.45, 2.75) is 31.2 Å². The molecule has 0 spiro atoms. The van der Waals surface area contributed by atoms with Gasteiger partial charge in [-0.05, 0) is 17.9 Å². The number of hydrogen-bond donors (Lipinski definition) is 1. The Labute approximate surface area is 98.2 Å². The van der Waals surface area contributed by atoms with Crippen LogP contribution in [0.5, 0.6) is 0 Å². The molecule has 2 rings (SSSR count). The van der Waals surface area contributed by atoms with Crippen LogP contribution in [0.4, 0.5) is 0 Å². The third-order valence-electron chi connectivity index (χ3n) is 2.44. The number of hydrogen-bond acceptors (Lipinski definition) is 3. The van der Waals surface area contributed by atoms with Gasteiger partial charge in [-0.1, -0.05) is 18.5 Å². The highest BCUT2D eigenvalue weighted by Crippen LogP contribution is 2.27. The minimum atomic E-state index is 0.674. The van der Waals surface area contributed by atoms with E-state index in [1.807, 2.05) is 11.4 Å². The Hall–Kier alpha value is 0.300. The fourth-order valence-electron chi connectivity index (χ4n) is 1.65. The second-order valence-corrected chi connectivity index (χ2v) is 6.53. The number of thioether (sulfide) groups is 1. The predicted molar refractivity (Wildman–Crippen MR) is 66.5 cm³/mol. The summed E-state index contributed by atoms with van der Waals surface area (Å²) >= 11 is 9.81. The van der Waals surface area contributed by atoms with E-state index in [2.05, 4.69) is 24.0 Å². The lowest BCUT2D eigenvalue weighted by Crippen LogP contribution is -2.28. The van der Waals surface area contributed by atoms with Gasteiger partial charge in [0.15, 0.2) is 0 Å². The normalized spacial score (nSPS) is 27.0. The van der Waals surface area contributed by atoms with Crippen LogP contribution in [-0.2, 0) is 6.54 Å². The first-order valence-corrected chi connectivity index (χ1v) is 7.13. The summed E-state index contributed by atoms with van der Waals surface area (Å²) in [4.78, 5) is 1.26. The third kappa shape index (κ3) is 2.66. The maximum Gasteiger partial charge on any atom is 0.0558 e. The molecule has 0 saturated carbocycles. The van der Waals surface area contributed by atoms with Gasteiger partial charge in [-0.3, -0.25) is 0 Å². The SMILES string of the molecule is CC1CC(NCc2sccc2Cl)CS1. The lowest BCUT2D eigenvalue weighted by atomic mass is 10.2. The molecule has 1 N–H and O–H groups in total. The van der Waals surface area contributed by atoms with E-state index in [1.165, 1.54) is 17.1 Å². The molecule has 4 heteroatoms. The summed E-state index contributed by atoms with van der Waals surface area (Å²) in [5.74, 6) is 1.24. The van der Waals surface area contributed by atoms with Gasteiger partial charge in [-0.2, -0.15) is 11.8 Å². The van der Waals surface area contributed by atoms with Crippen molar-refractivity contribution in [2.24, 2.45) is 0 Å². The van der Waals surface area contributed by atoms with Crippen molar-refractivity contribution in [1.29, 1.82) is 0 Å². The zero-order valence-corrected chi connectivity index (χ0v) is 10.5. The van der Waals surface area contributed by atoms with Gasteiger partial charge in [-0.15, -0.1) is 11.3 Å². The highest BCUT2D eigenvalue weighted by atomic mass is 35.5. The molecule has 0 bridgehead atoms. The Kier molecular flexibility index (Phi) is 3.77. The zero-order valence-electron chi connectivity index (χ0n) is 8.13. The molecule has 1 nitrogen and oxygen atoms in total. The molecule has 0 radical (unpaired) electrons. The van der Waals surface area contributed by atoms with Crippen molar-refractivity contribution < 1.29 is 0 Å². The molecule has 0 amide bonds. The predicted octanol–water partition coefficient (Wildman–Crippen LogP) is 3.39. The van der Waals surface area contributed by atoms with E-state index in [0.717, 1.165) is 16.8 Å². The average molecular weight is 248 g/mol. The van der Waals surface area contributed by atoms with Gasteiger partial charge in [0, 0.05) is 28.5 Å². The Morgan fingerprint density at radius 3 is 3.07 bits per heavy atom. The largest absolute Gasteiger partial charge is 0.308 e. The van der Waals surface area contributed by atoms with E-state index in [4.69, 9.17) is 11.6 Å². The summed E-state index contributed by atoms with van der Waals surface area (Å²) in [7, 11) is 0. The lowest BCUT2D eigenvalue weighted by molar-refractivity contribution is 0.542.